The summed E-state index contributed by atoms with van der Waals surface area (Å²) in [6.45, 7) is 7.95. The molecule has 0 saturated heterocycles. The van der Waals surface area contributed by atoms with Gasteiger partial charge in [-0.1, -0.05) is 42.5 Å². The Morgan fingerprint density at radius 3 is 2.05 bits per heavy atom. The topological polar surface area (TPSA) is 29.5 Å². The van der Waals surface area contributed by atoms with Crippen LogP contribution in [0.25, 0.3) is 11.1 Å². The van der Waals surface area contributed by atoms with E-state index in [4.69, 9.17) is 4.74 Å². The highest BCUT2D eigenvalue weighted by Gasteiger charge is 2.22. The molecule has 0 aromatic heterocycles. The molecule has 0 N–H and O–H groups in total. The normalized spacial score (nSPS) is 10.8. The lowest BCUT2D eigenvalue weighted by Crippen LogP contribution is -2.43. The molecule has 3 nitrogen and oxygen atoms in total. The number of carbonyl (C=O) groups is 1. The quantitative estimate of drug-likeness (QED) is 0.797. The van der Waals surface area contributed by atoms with Crippen LogP contribution < -0.4 is 4.74 Å². The molecule has 0 unspecified atom stereocenters. The second-order valence-corrected chi connectivity index (χ2v) is 5.86. The van der Waals surface area contributed by atoms with Crippen LogP contribution in [0.2, 0.25) is 0 Å². The van der Waals surface area contributed by atoms with Gasteiger partial charge < -0.3 is 9.64 Å². The summed E-state index contributed by atoms with van der Waals surface area (Å²) in [7, 11) is 0. The highest BCUT2D eigenvalue weighted by Crippen LogP contribution is 2.24. The van der Waals surface area contributed by atoms with Crippen molar-refractivity contribution in [2.24, 2.45) is 0 Å². The monoisotopic (exact) mass is 297 g/mol. The number of rotatable bonds is 4. The van der Waals surface area contributed by atoms with Gasteiger partial charge in [0.25, 0.3) is 0 Å². The van der Waals surface area contributed by atoms with Crippen LogP contribution in [0.5, 0.6) is 5.75 Å². The predicted molar refractivity (Wildman–Crippen MR) is 90.0 cm³/mol. The zero-order valence-electron chi connectivity index (χ0n) is 13.6. The number of carbonyl (C=O) groups excluding carboxylic acids is 1. The molecular formula is C19H23NO2. The van der Waals surface area contributed by atoms with Crippen molar-refractivity contribution in [1.29, 1.82) is 0 Å². The van der Waals surface area contributed by atoms with Gasteiger partial charge in [-0.25, -0.2) is 4.79 Å². The fourth-order valence-electron chi connectivity index (χ4n) is 2.54. The maximum absolute atomic E-state index is 12.3. The molecule has 0 radical (unpaired) electrons. The first-order valence-corrected chi connectivity index (χ1v) is 7.64. The first-order valence-electron chi connectivity index (χ1n) is 7.64. The van der Waals surface area contributed by atoms with E-state index < -0.39 is 0 Å². The van der Waals surface area contributed by atoms with Crippen LogP contribution in [0, 0.1) is 0 Å². The van der Waals surface area contributed by atoms with Crippen LogP contribution >= 0.6 is 0 Å². The Morgan fingerprint density at radius 2 is 1.45 bits per heavy atom. The van der Waals surface area contributed by atoms with Gasteiger partial charge >= 0.3 is 6.09 Å². The third-order valence-corrected chi connectivity index (χ3v) is 3.47. The maximum Gasteiger partial charge on any atom is 0.415 e. The van der Waals surface area contributed by atoms with Crippen molar-refractivity contribution in [3.8, 4) is 16.9 Å². The van der Waals surface area contributed by atoms with Crippen molar-refractivity contribution in [3.63, 3.8) is 0 Å². The molecule has 1 amide bonds. The molecule has 0 atom stereocenters. The fraction of sp³-hybridized carbons (Fsp3) is 0.316. The predicted octanol–water partition coefficient (Wildman–Crippen LogP) is 4.97. The summed E-state index contributed by atoms with van der Waals surface area (Å²) < 4.78 is 5.55. The smallest absolute Gasteiger partial charge is 0.410 e. The van der Waals surface area contributed by atoms with E-state index in [-0.39, 0.29) is 18.2 Å². The SMILES string of the molecule is CC(C)N(C(=O)Oc1cccc(-c2ccccc2)c1)C(C)C. The third kappa shape index (κ3) is 3.88. The van der Waals surface area contributed by atoms with Crippen LogP contribution in [0.1, 0.15) is 27.7 Å². The Labute approximate surface area is 132 Å². The molecule has 116 valence electrons. The third-order valence-electron chi connectivity index (χ3n) is 3.47. The Balaban J connectivity index is 2.19. The van der Waals surface area contributed by atoms with Gasteiger partial charge in [0.2, 0.25) is 0 Å². The summed E-state index contributed by atoms with van der Waals surface area (Å²) >= 11 is 0. The number of amides is 1. The van der Waals surface area contributed by atoms with E-state index in [1.54, 1.807) is 4.90 Å². The lowest BCUT2D eigenvalue weighted by atomic mass is 10.1. The Hall–Kier alpha value is -2.29. The van der Waals surface area contributed by atoms with E-state index in [1.807, 2.05) is 82.3 Å². The summed E-state index contributed by atoms with van der Waals surface area (Å²) in [6, 6.07) is 17.9. The van der Waals surface area contributed by atoms with Gasteiger partial charge in [0.1, 0.15) is 5.75 Å². The van der Waals surface area contributed by atoms with Gasteiger partial charge in [-0.05, 0) is 51.0 Å². The molecule has 2 rings (SSSR count). The largest absolute Gasteiger partial charge is 0.415 e. The lowest BCUT2D eigenvalue weighted by molar-refractivity contribution is 0.123. The molecule has 3 heteroatoms. The molecule has 0 saturated carbocycles. The van der Waals surface area contributed by atoms with Crippen LogP contribution in [0.15, 0.2) is 54.6 Å². The van der Waals surface area contributed by atoms with Crippen LogP contribution in [0.4, 0.5) is 4.79 Å². The highest BCUT2D eigenvalue weighted by molar-refractivity contribution is 5.73. The molecule has 0 spiro atoms. The van der Waals surface area contributed by atoms with Crippen LogP contribution in [-0.4, -0.2) is 23.1 Å². The van der Waals surface area contributed by atoms with E-state index in [1.165, 1.54) is 0 Å². The second-order valence-electron chi connectivity index (χ2n) is 5.86. The molecule has 0 bridgehead atoms. The molecule has 0 aliphatic carbocycles. The average molecular weight is 297 g/mol. The Kier molecular flexibility index (Phi) is 5.21. The summed E-state index contributed by atoms with van der Waals surface area (Å²) in [6.07, 6.45) is -0.310. The summed E-state index contributed by atoms with van der Waals surface area (Å²) in [4.78, 5) is 14.1. The molecular weight excluding hydrogens is 274 g/mol. The lowest BCUT2D eigenvalue weighted by Gasteiger charge is -2.29. The number of nitrogens with zero attached hydrogens (tertiary/aromatic N) is 1. The van der Waals surface area contributed by atoms with Gasteiger partial charge in [-0.2, -0.15) is 0 Å². The van der Waals surface area contributed by atoms with E-state index in [0.29, 0.717) is 5.75 Å². The zero-order valence-corrected chi connectivity index (χ0v) is 13.6. The standard InChI is InChI=1S/C19H23NO2/c1-14(2)20(15(3)4)19(21)22-18-12-8-11-17(13-18)16-9-6-5-7-10-16/h5-15H,1-4H3. The van der Waals surface area contributed by atoms with E-state index >= 15 is 0 Å². The summed E-state index contributed by atoms with van der Waals surface area (Å²) in [5, 5.41) is 0. The average Bonchev–Trinajstić information content (AvgIpc) is 2.47. The van der Waals surface area contributed by atoms with Crippen molar-refractivity contribution in [3.05, 3.63) is 54.6 Å². The van der Waals surface area contributed by atoms with E-state index in [0.717, 1.165) is 11.1 Å². The van der Waals surface area contributed by atoms with E-state index in [9.17, 15) is 4.79 Å². The number of benzene rings is 2. The first kappa shape index (κ1) is 16.1. The second kappa shape index (κ2) is 7.12. The highest BCUT2D eigenvalue weighted by atomic mass is 16.6. The number of hydrogen-bond acceptors (Lipinski definition) is 2. The van der Waals surface area contributed by atoms with Crippen molar-refractivity contribution < 1.29 is 9.53 Å². The molecule has 2 aromatic rings. The van der Waals surface area contributed by atoms with Crippen LogP contribution in [-0.2, 0) is 0 Å². The Morgan fingerprint density at radius 1 is 0.864 bits per heavy atom. The molecule has 0 heterocycles. The maximum atomic E-state index is 12.3. The number of hydrogen-bond donors (Lipinski definition) is 0. The summed E-state index contributed by atoms with van der Waals surface area (Å²) in [5.41, 5.74) is 2.14. The minimum atomic E-state index is -0.310. The minimum absolute atomic E-state index is 0.102. The van der Waals surface area contributed by atoms with Crippen molar-refractivity contribution in [1.82, 2.24) is 4.90 Å². The molecule has 0 aliphatic rings. The van der Waals surface area contributed by atoms with Crippen molar-refractivity contribution in [2.45, 2.75) is 39.8 Å². The first-order chi connectivity index (χ1) is 10.5. The van der Waals surface area contributed by atoms with Crippen LogP contribution in [0.3, 0.4) is 0 Å². The molecule has 0 fully saturated rings. The summed E-state index contributed by atoms with van der Waals surface area (Å²) in [5.74, 6) is 0.567. The number of ether oxygens (including phenoxy) is 1. The zero-order chi connectivity index (χ0) is 16.1. The van der Waals surface area contributed by atoms with Gasteiger partial charge in [-0.15, -0.1) is 0 Å². The Bertz CT molecular complexity index is 612. The molecule has 2 aromatic carbocycles. The van der Waals surface area contributed by atoms with Crippen molar-refractivity contribution in [2.75, 3.05) is 0 Å². The molecule has 0 aliphatic heterocycles. The van der Waals surface area contributed by atoms with Crippen molar-refractivity contribution >= 4 is 6.09 Å². The van der Waals surface area contributed by atoms with Gasteiger partial charge in [0, 0.05) is 12.1 Å². The van der Waals surface area contributed by atoms with Gasteiger partial charge in [-0.3, -0.25) is 0 Å². The van der Waals surface area contributed by atoms with Gasteiger partial charge in [0.15, 0.2) is 0 Å². The fourth-order valence-corrected chi connectivity index (χ4v) is 2.54. The van der Waals surface area contributed by atoms with Gasteiger partial charge in [0.05, 0.1) is 0 Å². The minimum Gasteiger partial charge on any atom is -0.410 e. The van der Waals surface area contributed by atoms with E-state index in [2.05, 4.69) is 0 Å². The molecule has 22 heavy (non-hydrogen) atoms.